The maximum atomic E-state index is 12.0. The van der Waals surface area contributed by atoms with Crippen molar-refractivity contribution in [3.8, 4) is 0 Å². The van der Waals surface area contributed by atoms with E-state index >= 15 is 0 Å². The molecular weight excluding hydrogens is 354 g/mol. The van der Waals surface area contributed by atoms with Crippen molar-refractivity contribution in [2.75, 3.05) is 5.32 Å². The molecule has 0 radical (unpaired) electrons. The fourth-order valence-electron chi connectivity index (χ4n) is 4.39. The zero-order chi connectivity index (χ0) is 19.7. The number of nitrogens with zero attached hydrogens (tertiary/aromatic N) is 3. The summed E-state index contributed by atoms with van der Waals surface area (Å²) in [5, 5.41) is 11.1. The Hall–Kier alpha value is -2.31. The van der Waals surface area contributed by atoms with Gasteiger partial charge in [-0.25, -0.2) is 9.78 Å². The fraction of sp³-hybridized carbons (Fsp3) is 0.667. The zero-order valence-electron chi connectivity index (χ0n) is 17.1. The van der Waals surface area contributed by atoms with Gasteiger partial charge in [0.05, 0.1) is 6.20 Å². The van der Waals surface area contributed by atoms with Gasteiger partial charge in [-0.15, -0.1) is 0 Å². The Morgan fingerprint density at radius 3 is 2.68 bits per heavy atom. The molecule has 0 aliphatic heterocycles. The standard InChI is InChI=1S/C21H31N5O2/c1-21(2,3)28-20(27)24-16-9-8-15(12-16)23-19-13-17(14-6-4-5-7-14)25-18-10-11-22-26(18)19/h10-11,13-16,23H,4-9,12H2,1-3H3,(H,24,27)/t15-,16+/m1/s1. The van der Waals surface area contributed by atoms with Gasteiger partial charge in [0.2, 0.25) is 0 Å². The molecule has 0 saturated heterocycles. The SMILES string of the molecule is CC(C)(C)OC(=O)N[C@H]1CC[C@@H](Nc2cc(C3CCCC3)nc3ccnn23)C1. The Bertz CT molecular complexity index is 835. The molecule has 7 nitrogen and oxygen atoms in total. The maximum Gasteiger partial charge on any atom is 0.407 e. The van der Waals surface area contributed by atoms with Crippen molar-refractivity contribution in [2.24, 2.45) is 0 Å². The molecule has 2 fully saturated rings. The summed E-state index contributed by atoms with van der Waals surface area (Å²) in [6, 6.07) is 4.57. The highest BCUT2D eigenvalue weighted by Gasteiger charge is 2.28. The van der Waals surface area contributed by atoms with Crippen LogP contribution in [0.5, 0.6) is 0 Å². The topological polar surface area (TPSA) is 80.5 Å². The lowest BCUT2D eigenvalue weighted by atomic mass is 10.0. The van der Waals surface area contributed by atoms with Crippen LogP contribution >= 0.6 is 0 Å². The minimum Gasteiger partial charge on any atom is -0.444 e. The number of hydrogen-bond donors (Lipinski definition) is 2. The third kappa shape index (κ3) is 4.39. The van der Waals surface area contributed by atoms with Crippen molar-refractivity contribution in [1.29, 1.82) is 0 Å². The molecule has 2 aromatic heterocycles. The summed E-state index contributed by atoms with van der Waals surface area (Å²) < 4.78 is 7.26. The van der Waals surface area contributed by atoms with Crippen LogP contribution in [0, 0.1) is 0 Å². The lowest BCUT2D eigenvalue weighted by Crippen LogP contribution is -2.38. The molecule has 2 aliphatic rings. The Morgan fingerprint density at radius 1 is 1.18 bits per heavy atom. The number of carbonyl (C=O) groups excluding carboxylic acids is 1. The van der Waals surface area contributed by atoms with Crippen LogP contribution in [0.4, 0.5) is 10.6 Å². The van der Waals surface area contributed by atoms with Crippen molar-refractivity contribution in [1.82, 2.24) is 19.9 Å². The molecule has 1 amide bonds. The first-order valence-corrected chi connectivity index (χ1v) is 10.5. The zero-order valence-corrected chi connectivity index (χ0v) is 17.1. The first-order chi connectivity index (χ1) is 13.4. The quantitative estimate of drug-likeness (QED) is 0.823. The van der Waals surface area contributed by atoms with E-state index < -0.39 is 5.60 Å². The van der Waals surface area contributed by atoms with Gasteiger partial charge < -0.3 is 15.4 Å². The highest BCUT2D eigenvalue weighted by atomic mass is 16.6. The third-order valence-electron chi connectivity index (χ3n) is 5.66. The van der Waals surface area contributed by atoms with Gasteiger partial charge in [-0.05, 0) is 52.9 Å². The van der Waals surface area contributed by atoms with E-state index in [0.717, 1.165) is 30.7 Å². The van der Waals surface area contributed by atoms with Crippen molar-refractivity contribution in [2.45, 2.75) is 89.3 Å². The van der Waals surface area contributed by atoms with Crippen molar-refractivity contribution >= 4 is 17.6 Å². The number of nitrogens with one attached hydrogen (secondary N) is 2. The second-order valence-corrected chi connectivity index (χ2v) is 9.15. The molecule has 2 N–H and O–H groups in total. The van der Waals surface area contributed by atoms with Gasteiger partial charge in [0, 0.05) is 35.8 Å². The molecule has 0 unspecified atom stereocenters. The number of anilines is 1. The fourth-order valence-corrected chi connectivity index (χ4v) is 4.39. The minimum atomic E-state index is -0.473. The van der Waals surface area contributed by atoms with Crippen molar-refractivity contribution < 1.29 is 9.53 Å². The Morgan fingerprint density at radius 2 is 1.93 bits per heavy atom. The highest BCUT2D eigenvalue weighted by Crippen LogP contribution is 2.34. The normalized spacial score (nSPS) is 23.2. The number of amides is 1. The van der Waals surface area contributed by atoms with Crippen LogP contribution in [0.1, 0.15) is 77.3 Å². The molecule has 152 valence electrons. The van der Waals surface area contributed by atoms with Gasteiger partial charge in [0.1, 0.15) is 11.4 Å². The van der Waals surface area contributed by atoms with Crippen LogP contribution in [0.2, 0.25) is 0 Å². The predicted octanol–water partition coefficient (Wildman–Crippen LogP) is 4.24. The molecule has 2 aromatic rings. The molecule has 28 heavy (non-hydrogen) atoms. The van der Waals surface area contributed by atoms with Crippen LogP contribution in [-0.4, -0.2) is 38.4 Å². The molecule has 2 atom stereocenters. The van der Waals surface area contributed by atoms with Crippen LogP contribution in [-0.2, 0) is 4.74 Å². The van der Waals surface area contributed by atoms with Crippen LogP contribution in [0.15, 0.2) is 18.3 Å². The summed E-state index contributed by atoms with van der Waals surface area (Å²) in [5.41, 5.74) is 1.60. The summed E-state index contributed by atoms with van der Waals surface area (Å²) in [5.74, 6) is 1.56. The van der Waals surface area contributed by atoms with E-state index in [1.807, 2.05) is 31.4 Å². The van der Waals surface area contributed by atoms with Gasteiger partial charge in [0.25, 0.3) is 0 Å². The van der Waals surface area contributed by atoms with Gasteiger partial charge in [-0.2, -0.15) is 9.61 Å². The number of rotatable bonds is 4. The van der Waals surface area contributed by atoms with Crippen molar-refractivity contribution in [3.05, 3.63) is 24.0 Å². The molecule has 2 saturated carbocycles. The molecule has 2 aliphatic carbocycles. The van der Waals surface area contributed by atoms with Gasteiger partial charge in [0.15, 0.2) is 5.65 Å². The smallest absolute Gasteiger partial charge is 0.407 e. The van der Waals surface area contributed by atoms with Crippen LogP contribution in [0.25, 0.3) is 5.65 Å². The first-order valence-electron chi connectivity index (χ1n) is 10.5. The summed E-state index contributed by atoms with van der Waals surface area (Å²) in [6.07, 6.45) is 9.32. The number of alkyl carbamates (subject to hydrolysis) is 1. The van der Waals surface area contributed by atoms with Crippen LogP contribution in [0.3, 0.4) is 0 Å². The van der Waals surface area contributed by atoms with E-state index in [1.54, 1.807) is 6.20 Å². The second-order valence-electron chi connectivity index (χ2n) is 9.15. The molecule has 0 spiro atoms. The molecule has 0 aromatic carbocycles. The number of aromatic nitrogens is 3. The Labute approximate surface area is 166 Å². The molecule has 0 bridgehead atoms. The highest BCUT2D eigenvalue weighted by molar-refractivity contribution is 5.68. The molecule has 7 heteroatoms. The molecular formula is C21H31N5O2. The number of carbonyl (C=O) groups is 1. The maximum absolute atomic E-state index is 12.0. The van der Waals surface area contributed by atoms with E-state index in [0.29, 0.717) is 12.0 Å². The van der Waals surface area contributed by atoms with E-state index in [-0.39, 0.29) is 12.1 Å². The van der Waals surface area contributed by atoms with Gasteiger partial charge in [-0.3, -0.25) is 0 Å². The molecule has 4 rings (SSSR count). The average molecular weight is 386 g/mol. The molecule has 2 heterocycles. The van der Waals surface area contributed by atoms with E-state index in [4.69, 9.17) is 9.72 Å². The van der Waals surface area contributed by atoms with Gasteiger partial charge in [-0.1, -0.05) is 12.8 Å². The average Bonchev–Trinajstić information content (AvgIpc) is 3.34. The predicted molar refractivity (Wildman–Crippen MR) is 109 cm³/mol. The number of ether oxygens (including phenoxy) is 1. The number of fused-ring (bicyclic) bond motifs is 1. The lowest BCUT2D eigenvalue weighted by molar-refractivity contribution is 0.0505. The largest absolute Gasteiger partial charge is 0.444 e. The van der Waals surface area contributed by atoms with E-state index in [1.165, 1.54) is 31.4 Å². The Kier molecular flexibility index (Phi) is 5.17. The summed E-state index contributed by atoms with van der Waals surface area (Å²) in [6.45, 7) is 5.64. The second kappa shape index (κ2) is 7.60. The third-order valence-corrected chi connectivity index (χ3v) is 5.66. The summed E-state index contributed by atoms with van der Waals surface area (Å²) >= 11 is 0. The minimum absolute atomic E-state index is 0.136. The summed E-state index contributed by atoms with van der Waals surface area (Å²) in [4.78, 5) is 16.9. The summed E-state index contributed by atoms with van der Waals surface area (Å²) in [7, 11) is 0. The monoisotopic (exact) mass is 385 g/mol. The van der Waals surface area contributed by atoms with Gasteiger partial charge >= 0.3 is 6.09 Å². The Balaban J connectivity index is 1.42. The first kappa shape index (κ1) is 19.0. The van der Waals surface area contributed by atoms with E-state index in [9.17, 15) is 4.79 Å². The lowest BCUT2D eigenvalue weighted by Gasteiger charge is -2.22. The van der Waals surface area contributed by atoms with E-state index in [2.05, 4.69) is 21.8 Å². The van der Waals surface area contributed by atoms with Crippen LogP contribution < -0.4 is 10.6 Å². The number of hydrogen-bond acceptors (Lipinski definition) is 5. The van der Waals surface area contributed by atoms with Crippen molar-refractivity contribution in [3.63, 3.8) is 0 Å².